The molecule has 0 spiro atoms. The quantitative estimate of drug-likeness (QED) is 0.587. The minimum Gasteiger partial charge on any atom is -0.368 e. The molecule has 0 bridgehead atoms. The fourth-order valence-electron chi connectivity index (χ4n) is 3.74. The zero-order chi connectivity index (χ0) is 20.5. The van der Waals surface area contributed by atoms with E-state index >= 15 is 0 Å². The van der Waals surface area contributed by atoms with Gasteiger partial charge < -0.3 is 10.5 Å². The van der Waals surface area contributed by atoms with Gasteiger partial charge in [0.1, 0.15) is 11.5 Å². The number of anilines is 2. The van der Waals surface area contributed by atoms with Crippen LogP contribution in [0.4, 0.5) is 16.0 Å². The molecular formula is C21H24FN5OS. The Hall–Kier alpha value is -2.61. The highest BCUT2D eigenvalue weighted by Gasteiger charge is 2.18. The molecule has 0 aliphatic heterocycles. The lowest BCUT2D eigenvalue weighted by molar-refractivity contribution is 0.596. The Morgan fingerprint density at radius 3 is 2.72 bits per heavy atom. The zero-order valence-corrected chi connectivity index (χ0v) is 17.3. The van der Waals surface area contributed by atoms with Gasteiger partial charge in [0.05, 0.1) is 5.69 Å². The van der Waals surface area contributed by atoms with Crippen LogP contribution in [0.1, 0.15) is 45.6 Å². The number of nitrogens with two attached hydrogens (primary N) is 1. The van der Waals surface area contributed by atoms with Gasteiger partial charge in [-0.1, -0.05) is 18.9 Å². The summed E-state index contributed by atoms with van der Waals surface area (Å²) in [7, 11) is 0. The van der Waals surface area contributed by atoms with Crippen LogP contribution in [0.15, 0.2) is 35.3 Å². The Balaban J connectivity index is 1.72. The molecule has 0 atom stereocenters. The van der Waals surface area contributed by atoms with Gasteiger partial charge in [-0.15, -0.1) is 0 Å². The Kier molecular flexibility index (Phi) is 5.45. The van der Waals surface area contributed by atoms with E-state index in [4.69, 9.17) is 5.73 Å². The molecule has 3 aromatic rings. The molecule has 1 saturated carbocycles. The molecule has 0 radical (unpaired) electrons. The minimum atomic E-state index is -0.378. The molecular weight excluding hydrogens is 389 g/mol. The van der Waals surface area contributed by atoms with E-state index in [1.54, 1.807) is 40.9 Å². The first-order chi connectivity index (χ1) is 13.9. The van der Waals surface area contributed by atoms with Gasteiger partial charge >= 0.3 is 0 Å². The fourth-order valence-corrected chi connectivity index (χ4v) is 4.77. The van der Waals surface area contributed by atoms with Crippen LogP contribution < -0.4 is 16.0 Å². The summed E-state index contributed by atoms with van der Waals surface area (Å²) in [6.07, 6.45) is 6.38. The molecule has 29 heavy (non-hydrogen) atoms. The molecule has 2 heterocycles. The third-order valence-electron chi connectivity index (χ3n) is 5.23. The van der Waals surface area contributed by atoms with E-state index in [0.717, 1.165) is 12.8 Å². The Morgan fingerprint density at radius 1 is 1.28 bits per heavy atom. The van der Waals surface area contributed by atoms with Crippen molar-refractivity contribution in [2.75, 3.05) is 10.5 Å². The maximum atomic E-state index is 14.7. The molecule has 6 nitrogen and oxygen atoms in total. The summed E-state index contributed by atoms with van der Waals surface area (Å²) >= 11 is 1.58. The summed E-state index contributed by atoms with van der Waals surface area (Å²) in [4.78, 5) is 21.4. The molecule has 1 aliphatic carbocycles. The van der Waals surface area contributed by atoms with Gasteiger partial charge in [-0.25, -0.2) is 9.37 Å². The van der Waals surface area contributed by atoms with Crippen molar-refractivity contribution in [3.8, 4) is 11.1 Å². The molecule has 3 N–H and O–H groups in total. The number of hydrogen-bond donors (Lipinski definition) is 2. The standard InChI is InChI=1S/C21H24FN5OS/c1-12(2)27-19-14(11-24-21(23)25-19)9-16(20(27)28)13-7-8-18(17(22)10-13)26-29-15-5-3-4-6-15/h7-12,15,26H,3-6H2,1-2H3,(H2,23,24,25). The van der Waals surface area contributed by atoms with Crippen molar-refractivity contribution in [2.45, 2.75) is 50.8 Å². The van der Waals surface area contributed by atoms with Gasteiger partial charge in [-0.05, 0) is 62.4 Å². The smallest absolute Gasteiger partial charge is 0.260 e. The number of nitrogens with zero attached hydrogens (tertiary/aromatic N) is 3. The highest BCUT2D eigenvalue weighted by Crippen LogP contribution is 2.32. The maximum Gasteiger partial charge on any atom is 0.260 e. The van der Waals surface area contributed by atoms with E-state index < -0.39 is 0 Å². The first-order valence-corrected chi connectivity index (χ1v) is 10.7. The summed E-state index contributed by atoms with van der Waals surface area (Å²) in [6, 6.07) is 6.43. The fraction of sp³-hybridized carbons (Fsp3) is 0.381. The zero-order valence-electron chi connectivity index (χ0n) is 16.5. The summed E-state index contributed by atoms with van der Waals surface area (Å²) in [5.74, 6) is -0.266. The van der Waals surface area contributed by atoms with Crippen LogP contribution in [0, 0.1) is 5.82 Å². The largest absolute Gasteiger partial charge is 0.368 e. The summed E-state index contributed by atoms with van der Waals surface area (Å²) in [5, 5.41) is 1.21. The maximum absolute atomic E-state index is 14.7. The SMILES string of the molecule is CC(C)n1c(=O)c(-c2ccc(NSC3CCCC3)c(F)c2)cc2cnc(N)nc21. The van der Waals surface area contributed by atoms with Crippen LogP contribution in [0.3, 0.4) is 0 Å². The van der Waals surface area contributed by atoms with Gasteiger partial charge in [0, 0.05) is 28.4 Å². The first kappa shape index (κ1) is 19.7. The first-order valence-electron chi connectivity index (χ1n) is 9.83. The number of nitrogens with one attached hydrogen (secondary N) is 1. The van der Waals surface area contributed by atoms with Crippen molar-refractivity contribution in [2.24, 2.45) is 0 Å². The lowest BCUT2D eigenvalue weighted by Crippen LogP contribution is -2.25. The van der Waals surface area contributed by atoms with Gasteiger partial charge in [0.2, 0.25) is 5.95 Å². The number of fused-ring (bicyclic) bond motifs is 1. The lowest BCUT2D eigenvalue weighted by atomic mass is 10.0. The number of benzene rings is 1. The van der Waals surface area contributed by atoms with E-state index in [0.29, 0.717) is 33.1 Å². The highest BCUT2D eigenvalue weighted by atomic mass is 32.2. The van der Waals surface area contributed by atoms with E-state index in [1.807, 2.05) is 13.8 Å². The second kappa shape index (κ2) is 8.02. The van der Waals surface area contributed by atoms with E-state index in [-0.39, 0.29) is 23.4 Å². The van der Waals surface area contributed by atoms with Gasteiger partial charge in [0.15, 0.2) is 0 Å². The third kappa shape index (κ3) is 3.94. The Labute approximate surface area is 172 Å². The number of aromatic nitrogens is 3. The summed E-state index contributed by atoms with van der Waals surface area (Å²) in [6.45, 7) is 3.80. The molecule has 2 aromatic heterocycles. The second-order valence-electron chi connectivity index (χ2n) is 7.66. The predicted octanol–water partition coefficient (Wildman–Crippen LogP) is 4.76. The second-order valence-corrected chi connectivity index (χ2v) is 8.76. The molecule has 1 fully saturated rings. The predicted molar refractivity (Wildman–Crippen MR) is 117 cm³/mol. The van der Waals surface area contributed by atoms with E-state index in [2.05, 4.69) is 14.7 Å². The molecule has 1 aromatic carbocycles. The highest BCUT2D eigenvalue weighted by molar-refractivity contribution is 8.01. The van der Waals surface area contributed by atoms with Crippen molar-refractivity contribution >= 4 is 34.6 Å². The van der Waals surface area contributed by atoms with Crippen LogP contribution in [0.5, 0.6) is 0 Å². The van der Waals surface area contributed by atoms with Gasteiger partial charge in [-0.2, -0.15) is 4.98 Å². The number of halogens is 1. The number of nitrogen functional groups attached to an aromatic ring is 1. The van der Waals surface area contributed by atoms with Crippen molar-refractivity contribution < 1.29 is 4.39 Å². The van der Waals surface area contributed by atoms with E-state index in [9.17, 15) is 9.18 Å². The van der Waals surface area contributed by atoms with Crippen LogP contribution in [0.2, 0.25) is 0 Å². The van der Waals surface area contributed by atoms with Gasteiger partial charge in [0.25, 0.3) is 5.56 Å². The molecule has 0 saturated heterocycles. The average molecular weight is 414 g/mol. The number of hydrogen-bond acceptors (Lipinski definition) is 6. The lowest BCUT2D eigenvalue weighted by Gasteiger charge is -2.16. The molecule has 0 unspecified atom stereocenters. The van der Waals surface area contributed by atoms with Crippen molar-refractivity contribution in [3.63, 3.8) is 0 Å². The minimum absolute atomic E-state index is 0.111. The summed E-state index contributed by atoms with van der Waals surface area (Å²) < 4.78 is 19.5. The summed E-state index contributed by atoms with van der Waals surface area (Å²) in [5.41, 5.74) is 7.33. The average Bonchev–Trinajstić information content (AvgIpc) is 3.20. The molecule has 4 rings (SSSR count). The number of rotatable bonds is 5. The number of pyridine rings is 1. The Morgan fingerprint density at radius 2 is 2.03 bits per heavy atom. The van der Waals surface area contributed by atoms with E-state index in [1.165, 1.54) is 18.9 Å². The normalized spacial score (nSPS) is 14.8. The molecule has 152 valence electrons. The topological polar surface area (TPSA) is 85.8 Å². The molecule has 1 aliphatic rings. The Bertz CT molecular complexity index is 1110. The molecule has 8 heteroatoms. The van der Waals surface area contributed by atoms with Gasteiger partial charge in [-0.3, -0.25) is 9.36 Å². The van der Waals surface area contributed by atoms with Crippen LogP contribution in [-0.4, -0.2) is 19.8 Å². The molecule has 0 amide bonds. The third-order valence-corrected chi connectivity index (χ3v) is 6.37. The van der Waals surface area contributed by atoms with Crippen molar-refractivity contribution in [1.82, 2.24) is 14.5 Å². The van der Waals surface area contributed by atoms with Crippen LogP contribution in [0.25, 0.3) is 22.2 Å². The van der Waals surface area contributed by atoms with Crippen LogP contribution >= 0.6 is 11.9 Å². The van der Waals surface area contributed by atoms with Crippen LogP contribution in [-0.2, 0) is 0 Å². The van der Waals surface area contributed by atoms with Crippen molar-refractivity contribution in [3.05, 3.63) is 46.6 Å². The monoisotopic (exact) mass is 413 g/mol. The van der Waals surface area contributed by atoms with Crippen molar-refractivity contribution in [1.29, 1.82) is 0 Å².